The Balaban J connectivity index is 1.58. The zero-order chi connectivity index (χ0) is 20.6. The second kappa shape index (κ2) is 10.0. The molecule has 0 spiro atoms. The average molecular weight is 391 g/mol. The number of nitrogens with zero attached hydrogens (tertiary/aromatic N) is 4. The molecule has 1 aliphatic heterocycles. The largest absolute Gasteiger partial charge is 0.329 e. The summed E-state index contributed by atoms with van der Waals surface area (Å²) >= 11 is 0. The van der Waals surface area contributed by atoms with Crippen LogP contribution in [0.15, 0.2) is 73.7 Å². The maximum Gasteiger partial charge on any atom is 0.329 e. The van der Waals surface area contributed by atoms with Gasteiger partial charge in [0.15, 0.2) is 0 Å². The van der Waals surface area contributed by atoms with Gasteiger partial charge in [-0.25, -0.2) is 9.78 Å². The van der Waals surface area contributed by atoms with Gasteiger partial charge >= 0.3 is 6.03 Å². The Morgan fingerprint density at radius 2 is 2.00 bits per heavy atom. The van der Waals surface area contributed by atoms with Crippen LogP contribution < -0.4 is 0 Å². The predicted molar refractivity (Wildman–Crippen MR) is 119 cm³/mol. The predicted octanol–water partition coefficient (Wildman–Crippen LogP) is 4.59. The van der Waals surface area contributed by atoms with Crippen LogP contribution in [0, 0.1) is 0 Å². The Morgan fingerprint density at radius 1 is 1.28 bits per heavy atom. The highest BCUT2D eigenvalue weighted by Gasteiger charge is 2.26. The molecule has 0 radical (unpaired) electrons. The molecule has 1 aromatic carbocycles. The molecule has 29 heavy (non-hydrogen) atoms. The lowest BCUT2D eigenvalue weighted by atomic mass is 10.0. The van der Waals surface area contributed by atoms with E-state index in [1.54, 1.807) is 23.2 Å². The number of allylic oxidation sites excluding steroid dienone is 5. The number of hydrogen-bond donors (Lipinski definition) is 0. The summed E-state index contributed by atoms with van der Waals surface area (Å²) in [6.45, 7) is 8.77. The van der Waals surface area contributed by atoms with Crippen LogP contribution in [0.25, 0.3) is 5.57 Å². The molecule has 0 N–H and O–H groups in total. The molecule has 2 aromatic rings. The molecule has 5 heteroatoms. The van der Waals surface area contributed by atoms with E-state index in [0.717, 1.165) is 43.7 Å². The smallest absolute Gasteiger partial charge is 0.324 e. The van der Waals surface area contributed by atoms with E-state index in [2.05, 4.69) is 40.7 Å². The van der Waals surface area contributed by atoms with Crippen LogP contribution in [0.3, 0.4) is 0 Å². The minimum Gasteiger partial charge on any atom is -0.324 e. The van der Waals surface area contributed by atoms with Gasteiger partial charge in [0.1, 0.15) is 6.33 Å². The van der Waals surface area contributed by atoms with Crippen molar-refractivity contribution in [2.75, 3.05) is 20.1 Å². The van der Waals surface area contributed by atoms with Crippen LogP contribution >= 0.6 is 0 Å². The lowest BCUT2D eigenvalue weighted by Crippen LogP contribution is -2.46. The molecule has 0 bridgehead atoms. The molecule has 5 nitrogen and oxygen atoms in total. The second-order valence-electron chi connectivity index (χ2n) is 7.40. The van der Waals surface area contributed by atoms with Gasteiger partial charge in [-0.15, -0.1) is 0 Å². The van der Waals surface area contributed by atoms with Crippen molar-refractivity contribution in [3.05, 3.63) is 85.0 Å². The van der Waals surface area contributed by atoms with E-state index in [1.807, 2.05) is 43.2 Å². The van der Waals surface area contributed by atoms with Gasteiger partial charge in [-0.1, -0.05) is 61.2 Å². The monoisotopic (exact) mass is 390 g/mol. The van der Waals surface area contributed by atoms with Crippen molar-refractivity contribution < 1.29 is 4.79 Å². The van der Waals surface area contributed by atoms with Gasteiger partial charge in [0.05, 0.1) is 5.69 Å². The fourth-order valence-electron chi connectivity index (χ4n) is 3.68. The number of carbonyl (C=O) groups excluding carboxylic acids is 1. The summed E-state index contributed by atoms with van der Waals surface area (Å²) in [5.41, 5.74) is 2.98. The number of benzene rings is 1. The molecule has 1 aromatic heterocycles. The Hall–Kier alpha value is -2.92. The third-order valence-electron chi connectivity index (χ3n) is 5.44. The van der Waals surface area contributed by atoms with Gasteiger partial charge in [-0.3, -0.25) is 9.47 Å². The maximum absolute atomic E-state index is 12.9. The standard InChI is InChI=1S/C24H30N4O/c1-4-6-12-21(5-2)23-18-28(19-25-23)24(29)26(3)22-13-15-27(16-14-22)17-20-10-8-7-9-11-20/h4-12,18-19,22H,2,13-17H2,1,3H3/b6-4-,21-12+. The normalized spacial score (nSPS) is 16.3. The summed E-state index contributed by atoms with van der Waals surface area (Å²) in [5.74, 6) is 0. The number of piperidine rings is 1. The number of aromatic nitrogens is 2. The molecular weight excluding hydrogens is 360 g/mol. The Bertz CT molecular complexity index is 873. The summed E-state index contributed by atoms with van der Waals surface area (Å²) in [7, 11) is 1.89. The SMILES string of the molecule is C=C/C(=C\C=C/C)c1cn(C(=O)N(C)C2CCN(Cc3ccccc3)CC2)cn1. The zero-order valence-corrected chi connectivity index (χ0v) is 17.4. The van der Waals surface area contributed by atoms with Crippen LogP contribution in [0.4, 0.5) is 4.79 Å². The maximum atomic E-state index is 12.9. The first-order valence-corrected chi connectivity index (χ1v) is 10.2. The minimum absolute atomic E-state index is 0.0419. The lowest BCUT2D eigenvalue weighted by molar-refractivity contribution is 0.132. The van der Waals surface area contributed by atoms with Crippen molar-refractivity contribution in [2.45, 2.75) is 32.4 Å². The van der Waals surface area contributed by atoms with Gasteiger partial charge in [0.2, 0.25) is 0 Å². The molecular formula is C24H30N4O. The van der Waals surface area contributed by atoms with Crippen molar-refractivity contribution in [1.82, 2.24) is 19.4 Å². The molecule has 1 fully saturated rings. The van der Waals surface area contributed by atoms with Gasteiger partial charge in [-0.2, -0.15) is 0 Å². The molecule has 3 rings (SSSR count). The van der Waals surface area contributed by atoms with E-state index in [4.69, 9.17) is 0 Å². The molecule has 0 unspecified atom stereocenters. The van der Waals surface area contributed by atoms with Crippen molar-refractivity contribution in [3.8, 4) is 0 Å². The molecule has 152 valence electrons. The number of imidazole rings is 1. The van der Waals surface area contributed by atoms with E-state index in [-0.39, 0.29) is 12.1 Å². The van der Waals surface area contributed by atoms with Gasteiger partial charge in [0, 0.05) is 44.5 Å². The van der Waals surface area contributed by atoms with Crippen LogP contribution in [-0.2, 0) is 6.54 Å². The Morgan fingerprint density at radius 3 is 2.66 bits per heavy atom. The second-order valence-corrected chi connectivity index (χ2v) is 7.40. The fourth-order valence-corrected chi connectivity index (χ4v) is 3.68. The molecule has 0 saturated carbocycles. The first-order valence-electron chi connectivity index (χ1n) is 10.2. The van der Waals surface area contributed by atoms with E-state index >= 15 is 0 Å². The topological polar surface area (TPSA) is 41.4 Å². The van der Waals surface area contributed by atoms with Crippen LogP contribution in [-0.4, -0.2) is 51.6 Å². The minimum atomic E-state index is -0.0419. The van der Waals surface area contributed by atoms with Crippen molar-refractivity contribution >= 4 is 11.6 Å². The van der Waals surface area contributed by atoms with E-state index < -0.39 is 0 Å². The van der Waals surface area contributed by atoms with Crippen LogP contribution in [0.5, 0.6) is 0 Å². The van der Waals surface area contributed by atoms with Crippen molar-refractivity contribution in [1.29, 1.82) is 0 Å². The summed E-state index contributed by atoms with van der Waals surface area (Å²) in [6.07, 6.45) is 12.9. The van der Waals surface area contributed by atoms with E-state index in [9.17, 15) is 4.79 Å². The summed E-state index contributed by atoms with van der Waals surface area (Å²) < 4.78 is 1.57. The number of rotatable bonds is 6. The van der Waals surface area contributed by atoms with Crippen LogP contribution in [0.2, 0.25) is 0 Å². The molecule has 1 aliphatic rings. The highest BCUT2D eigenvalue weighted by molar-refractivity contribution is 5.79. The van der Waals surface area contributed by atoms with E-state index in [0.29, 0.717) is 0 Å². The number of amides is 1. The third-order valence-corrected chi connectivity index (χ3v) is 5.44. The number of likely N-dealkylation sites (tertiary alicyclic amines) is 1. The highest BCUT2D eigenvalue weighted by atomic mass is 16.2. The molecule has 0 atom stereocenters. The average Bonchev–Trinajstić information content (AvgIpc) is 3.24. The first-order chi connectivity index (χ1) is 14.1. The molecule has 1 amide bonds. The summed E-state index contributed by atoms with van der Waals surface area (Å²) in [6, 6.07) is 10.8. The van der Waals surface area contributed by atoms with E-state index in [1.165, 1.54) is 5.56 Å². The number of hydrogen-bond acceptors (Lipinski definition) is 3. The Kier molecular flexibility index (Phi) is 7.19. The lowest BCUT2D eigenvalue weighted by Gasteiger charge is -2.36. The van der Waals surface area contributed by atoms with Gasteiger partial charge < -0.3 is 4.90 Å². The molecule has 0 aliphatic carbocycles. The fraction of sp³-hybridized carbons (Fsp3) is 0.333. The zero-order valence-electron chi connectivity index (χ0n) is 17.4. The molecule has 1 saturated heterocycles. The van der Waals surface area contributed by atoms with Crippen molar-refractivity contribution in [2.24, 2.45) is 0 Å². The third kappa shape index (κ3) is 5.33. The molecule has 2 heterocycles. The summed E-state index contributed by atoms with van der Waals surface area (Å²) in [5, 5.41) is 0. The van der Waals surface area contributed by atoms with Gasteiger partial charge in [0.25, 0.3) is 0 Å². The summed E-state index contributed by atoms with van der Waals surface area (Å²) in [4.78, 5) is 21.6. The Labute approximate surface area is 173 Å². The van der Waals surface area contributed by atoms with Gasteiger partial charge in [-0.05, 0) is 25.3 Å². The highest BCUT2D eigenvalue weighted by Crippen LogP contribution is 2.19. The first kappa shape index (κ1) is 20.8. The number of carbonyl (C=O) groups is 1. The van der Waals surface area contributed by atoms with Crippen molar-refractivity contribution in [3.63, 3.8) is 0 Å². The quantitative estimate of drug-likeness (QED) is 0.677. The van der Waals surface area contributed by atoms with Crippen LogP contribution in [0.1, 0.15) is 31.0 Å².